The predicted molar refractivity (Wildman–Crippen MR) is 119 cm³/mol. The van der Waals surface area contributed by atoms with Gasteiger partial charge in [-0.3, -0.25) is 9.69 Å². The smallest absolute Gasteiger partial charge is 0.337 e. The molecule has 0 unspecified atom stereocenters. The normalized spacial score (nSPS) is 24.5. The first-order valence-corrected chi connectivity index (χ1v) is 11.1. The Labute approximate surface area is 193 Å². The van der Waals surface area contributed by atoms with Crippen LogP contribution in [0.4, 0.5) is 0 Å². The molecule has 1 aromatic carbocycles. The second-order valence-electron chi connectivity index (χ2n) is 8.91. The van der Waals surface area contributed by atoms with Crippen molar-refractivity contribution in [2.75, 3.05) is 20.2 Å². The summed E-state index contributed by atoms with van der Waals surface area (Å²) < 4.78 is 16.3. The molecule has 2 N–H and O–H groups in total. The van der Waals surface area contributed by atoms with E-state index in [9.17, 15) is 9.90 Å². The highest BCUT2D eigenvalue weighted by molar-refractivity contribution is 5.89. The summed E-state index contributed by atoms with van der Waals surface area (Å²) in [5.74, 6) is 2.36. The number of carboxylic acid groups (broad SMARTS) is 1. The van der Waals surface area contributed by atoms with Gasteiger partial charge < -0.3 is 24.2 Å². The summed E-state index contributed by atoms with van der Waals surface area (Å²) >= 11 is 0. The number of carbonyl (C=O) groups excluding carboxylic acids is 1. The van der Waals surface area contributed by atoms with Gasteiger partial charge >= 0.3 is 5.97 Å². The van der Waals surface area contributed by atoms with Crippen molar-refractivity contribution in [3.63, 3.8) is 0 Å². The average molecular weight is 461 g/mol. The predicted octanol–water partition coefficient (Wildman–Crippen LogP) is 2.94. The van der Waals surface area contributed by atoms with Crippen molar-refractivity contribution in [2.45, 2.75) is 51.4 Å². The van der Waals surface area contributed by atoms with Gasteiger partial charge in [0.2, 0.25) is 0 Å². The third-order valence-corrected chi connectivity index (χ3v) is 6.23. The minimum absolute atomic E-state index is 0.250. The number of likely N-dealkylation sites (tertiary alicyclic amines) is 1. The molecule has 0 bridgehead atoms. The van der Waals surface area contributed by atoms with Gasteiger partial charge in [-0.2, -0.15) is 0 Å². The molecule has 1 aromatic heterocycles. The Morgan fingerprint density at radius 1 is 1.27 bits per heavy atom. The number of aliphatic hydroxyl groups is 1. The Morgan fingerprint density at radius 3 is 2.61 bits per heavy atom. The first-order chi connectivity index (χ1) is 15.8. The summed E-state index contributed by atoms with van der Waals surface area (Å²) in [7, 11) is 1.36. The molecule has 4 atom stereocenters. The van der Waals surface area contributed by atoms with Crippen LogP contribution in [-0.4, -0.2) is 65.1 Å². The fourth-order valence-corrected chi connectivity index (χ4v) is 4.64. The number of aliphatic hydroxyl groups excluding tert-OH is 1. The zero-order chi connectivity index (χ0) is 24.0. The van der Waals surface area contributed by atoms with Crippen molar-refractivity contribution in [2.24, 2.45) is 11.8 Å². The fourth-order valence-electron chi connectivity index (χ4n) is 4.64. The molecule has 2 aliphatic rings. The van der Waals surface area contributed by atoms with E-state index in [1.54, 1.807) is 18.2 Å². The molecule has 1 saturated heterocycles. The quantitative estimate of drug-likeness (QED) is 0.495. The number of hydrogen-bond donors (Lipinski definition) is 2. The number of rotatable bonds is 6. The Bertz CT molecular complexity index is 929. The molecule has 2 aromatic rings. The van der Waals surface area contributed by atoms with Crippen molar-refractivity contribution in [1.29, 1.82) is 0 Å². The minimum Gasteiger partial charge on any atom is -0.488 e. The molecule has 1 aliphatic heterocycles. The van der Waals surface area contributed by atoms with Gasteiger partial charge in [0.05, 0.1) is 24.5 Å². The molecule has 1 saturated carbocycles. The summed E-state index contributed by atoms with van der Waals surface area (Å²) in [4.78, 5) is 22.5. The van der Waals surface area contributed by atoms with Crippen molar-refractivity contribution >= 4 is 12.4 Å². The van der Waals surface area contributed by atoms with Crippen LogP contribution in [0.1, 0.15) is 54.4 Å². The molecular formula is C24H32N2O7. The number of methoxy groups -OCH3 is 1. The number of benzene rings is 1. The van der Waals surface area contributed by atoms with Crippen LogP contribution in [0.2, 0.25) is 0 Å². The highest BCUT2D eigenvalue weighted by Gasteiger charge is 2.42. The molecule has 180 valence electrons. The molecule has 9 nitrogen and oxygen atoms in total. The van der Waals surface area contributed by atoms with Crippen LogP contribution >= 0.6 is 0 Å². The first kappa shape index (κ1) is 24.7. The number of carbonyl (C=O) groups is 2. The lowest BCUT2D eigenvalue weighted by Crippen LogP contribution is -2.42. The maximum absolute atomic E-state index is 11.8. The molecular weight excluding hydrogens is 428 g/mol. The van der Waals surface area contributed by atoms with Gasteiger partial charge in [-0.25, -0.2) is 4.79 Å². The van der Waals surface area contributed by atoms with Gasteiger partial charge in [0.15, 0.2) is 0 Å². The second kappa shape index (κ2) is 11.3. The van der Waals surface area contributed by atoms with Crippen molar-refractivity contribution in [3.8, 4) is 5.75 Å². The molecule has 4 rings (SSSR count). The van der Waals surface area contributed by atoms with Crippen LogP contribution in [0.25, 0.3) is 0 Å². The number of esters is 1. The zero-order valence-corrected chi connectivity index (χ0v) is 19.2. The average Bonchev–Trinajstić information content (AvgIpc) is 3.41. The van der Waals surface area contributed by atoms with E-state index in [1.807, 2.05) is 12.1 Å². The monoisotopic (exact) mass is 460 g/mol. The fraction of sp³-hybridized carbons (Fsp3) is 0.542. The third-order valence-electron chi connectivity index (χ3n) is 6.23. The summed E-state index contributed by atoms with van der Waals surface area (Å²) in [6, 6.07) is 8.98. The Hall–Kier alpha value is -2.91. The minimum atomic E-state index is -0.521. The maximum atomic E-state index is 11.8. The molecule has 2 heterocycles. The van der Waals surface area contributed by atoms with Gasteiger partial charge in [-0.05, 0) is 42.9 Å². The summed E-state index contributed by atoms with van der Waals surface area (Å²) in [5, 5.41) is 21.8. The largest absolute Gasteiger partial charge is 0.488 e. The maximum Gasteiger partial charge on any atom is 0.337 e. The number of aromatic nitrogens is 1. The molecule has 0 spiro atoms. The van der Waals surface area contributed by atoms with Crippen LogP contribution in [0.5, 0.6) is 5.75 Å². The summed E-state index contributed by atoms with van der Waals surface area (Å²) in [5.41, 5.74) is 1.41. The lowest BCUT2D eigenvalue weighted by molar-refractivity contribution is -0.122. The van der Waals surface area contributed by atoms with Gasteiger partial charge in [0.25, 0.3) is 6.47 Å². The van der Waals surface area contributed by atoms with E-state index in [-0.39, 0.29) is 12.6 Å². The van der Waals surface area contributed by atoms with Gasteiger partial charge in [-0.1, -0.05) is 25.1 Å². The van der Waals surface area contributed by atoms with Crippen LogP contribution in [0.15, 0.2) is 34.9 Å². The zero-order valence-electron chi connectivity index (χ0n) is 19.2. The van der Waals surface area contributed by atoms with E-state index in [0.29, 0.717) is 29.1 Å². The second-order valence-corrected chi connectivity index (χ2v) is 8.91. The highest BCUT2D eigenvalue weighted by Crippen LogP contribution is 2.38. The Morgan fingerprint density at radius 2 is 1.97 bits per heavy atom. The Balaban J connectivity index is 0.000000968. The molecule has 9 heteroatoms. The van der Waals surface area contributed by atoms with Crippen molar-refractivity contribution < 1.29 is 33.8 Å². The van der Waals surface area contributed by atoms with E-state index in [0.717, 1.165) is 43.9 Å². The number of hydrogen-bond acceptors (Lipinski definition) is 8. The lowest BCUT2D eigenvalue weighted by atomic mass is 9.78. The van der Waals surface area contributed by atoms with Crippen molar-refractivity contribution in [3.05, 3.63) is 47.3 Å². The molecule has 1 aliphatic carbocycles. The van der Waals surface area contributed by atoms with E-state index >= 15 is 0 Å². The van der Waals surface area contributed by atoms with Crippen LogP contribution < -0.4 is 4.74 Å². The topological polar surface area (TPSA) is 122 Å². The van der Waals surface area contributed by atoms with Gasteiger partial charge in [-0.15, -0.1) is 0 Å². The van der Waals surface area contributed by atoms with Gasteiger partial charge in [0.1, 0.15) is 17.6 Å². The summed E-state index contributed by atoms with van der Waals surface area (Å²) in [6.45, 7) is 6.62. The lowest BCUT2D eigenvalue weighted by Gasteiger charge is -2.35. The SMILES string of the molecule is COC(=O)c1cccc(O[C@@H]2C[C@@H]3CN(Cc4cc(C(C)C)on4)C[C@@H]3C[C@H]2O)c1.O=CO. The third kappa shape index (κ3) is 6.33. The standard InChI is InChI=1S/C23H30N2O5.CH2O2/c1-14(2)21-10-18(24-30-21)13-25-11-16-8-20(26)22(9-17(16)12-25)29-19-6-4-5-15(7-19)23(27)28-3;2-1-3/h4-7,10,14,16-17,20,22,26H,8-9,11-13H2,1-3H3;1H,(H,2,3)/t16-,17+,20+,22+;/m0./s1. The van der Waals surface area contributed by atoms with E-state index < -0.39 is 12.1 Å². The number of fused-ring (bicyclic) bond motifs is 1. The van der Waals surface area contributed by atoms with Gasteiger partial charge in [0, 0.05) is 31.6 Å². The van der Waals surface area contributed by atoms with Crippen molar-refractivity contribution in [1.82, 2.24) is 10.1 Å². The number of nitrogens with zero attached hydrogens (tertiary/aromatic N) is 2. The van der Waals surface area contributed by atoms with E-state index in [1.165, 1.54) is 7.11 Å². The highest BCUT2D eigenvalue weighted by atomic mass is 16.5. The van der Waals surface area contributed by atoms with E-state index in [2.05, 4.69) is 23.9 Å². The number of ether oxygens (including phenoxy) is 2. The van der Waals surface area contributed by atoms with Crippen LogP contribution in [0, 0.1) is 11.8 Å². The molecule has 0 radical (unpaired) electrons. The molecule has 33 heavy (non-hydrogen) atoms. The summed E-state index contributed by atoms with van der Waals surface area (Å²) in [6.07, 6.45) is 0.714. The molecule has 2 fully saturated rings. The van der Waals surface area contributed by atoms with Crippen LogP contribution in [0.3, 0.4) is 0 Å². The molecule has 0 amide bonds. The Kier molecular flexibility index (Phi) is 8.46. The first-order valence-electron chi connectivity index (χ1n) is 11.1. The van der Waals surface area contributed by atoms with Crippen LogP contribution in [-0.2, 0) is 16.1 Å². The van der Waals surface area contributed by atoms with E-state index in [4.69, 9.17) is 23.9 Å².